The highest BCUT2D eigenvalue weighted by molar-refractivity contribution is 6.29. The average Bonchev–Trinajstić information content (AvgIpc) is 2.40. The van der Waals surface area contributed by atoms with Crippen LogP contribution in [-0.2, 0) is 0 Å². The van der Waals surface area contributed by atoms with Crippen molar-refractivity contribution in [2.45, 2.75) is 0 Å². The van der Waals surface area contributed by atoms with Gasteiger partial charge in [-0.25, -0.2) is 9.97 Å². The minimum atomic E-state index is -0.718. The van der Waals surface area contributed by atoms with Gasteiger partial charge in [0.2, 0.25) is 0 Å². The van der Waals surface area contributed by atoms with Crippen molar-refractivity contribution in [3.63, 3.8) is 0 Å². The topological polar surface area (TPSA) is 102 Å². The van der Waals surface area contributed by atoms with Crippen LogP contribution < -0.4 is 4.74 Å². The summed E-state index contributed by atoms with van der Waals surface area (Å²) in [4.78, 5) is 17.7. The summed E-state index contributed by atoms with van der Waals surface area (Å²) in [5.41, 5.74) is -0.614. The predicted molar refractivity (Wildman–Crippen MR) is 64.9 cm³/mol. The van der Waals surface area contributed by atoms with Crippen molar-refractivity contribution in [3.05, 3.63) is 51.4 Å². The number of aromatic nitrogens is 2. The SMILES string of the molecule is N#Cc1ccnc(Oc2ccc(Cl)nc2)c1[N+](=O)[O-]. The molecule has 2 aromatic heterocycles. The lowest BCUT2D eigenvalue weighted by molar-refractivity contribution is -0.386. The Bertz CT molecular complexity index is 667. The van der Waals surface area contributed by atoms with E-state index in [4.69, 9.17) is 21.6 Å². The van der Waals surface area contributed by atoms with E-state index in [1.54, 1.807) is 6.07 Å². The first kappa shape index (κ1) is 12.7. The average molecular weight is 277 g/mol. The number of nitro groups is 1. The van der Waals surface area contributed by atoms with Crippen LogP contribution in [0.4, 0.5) is 5.69 Å². The highest BCUT2D eigenvalue weighted by Gasteiger charge is 2.23. The highest BCUT2D eigenvalue weighted by Crippen LogP contribution is 2.31. The lowest BCUT2D eigenvalue weighted by Crippen LogP contribution is -1.98. The summed E-state index contributed by atoms with van der Waals surface area (Å²) < 4.78 is 5.24. The Labute approximate surface area is 112 Å². The third-order valence-electron chi connectivity index (χ3n) is 2.11. The zero-order valence-corrected chi connectivity index (χ0v) is 10.0. The summed E-state index contributed by atoms with van der Waals surface area (Å²) in [6.07, 6.45) is 2.55. The normalized spacial score (nSPS) is 9.68. The second-order valence-electron chi connectivity index (χ2n) is 3.30. The van der Waals surface area contributed by atoms with Crippen LogP contribution in [0.15, 0.2) is 30.6 Å². The van der Waals surface area contributed by atoms with Crippen LogP contribution in [0.25, 0.3) is 0 Å². The van der Waals surface area contributed by atoms with Crippen LogP contribution in [0, 0.1) is 21.4 Å². The second kappa shape index (κ2) is 5.29. The molecule has 0 spiro atoms. The van der Waals surface area contributed by atoms with Crippen molar-refractivity contribution >= 4 is 17.3 Å². The third kappa shape index (κ3) is 2.75. The molecular weight excluding hydrogens is 272 g/mol. The zero-order valence-electron chi connectivity index (χ0n) is 9.28. The van der Waals surface area contributed by atoms with E-state index in [9.17, 15) is 10.1 Å². The van der Waals surface area contributed by atoms with E-state index >= 15 is 0 Å². The number of nitrogens with zero attached hydrogens (tertiary/aromatic N) is 4. The van der Waals surface area contributed by atoms with Gasteiger partial charge in [-0.2, -0.15) is 5.26 Å². The van der Waals surface area contributed by atoms with Crippen LogP contribution >= 0.6 is 11.6 Å². The fourth-order valence-corrected chi connectivity index (χ4v) is 1.42. The number of hydrogen-bond acceptors (Lipinski definition) is 6. The molecule has 0 unspecified atom stereocenters. The second-order valence-corrected chi connectivity index (χ2v) is 3.69. The van der Waals surface area contributed by atoms with E-state index in [0.29, 0.717) is 0 Å². The number of hydrogen-bond donors (Lipinski definition) is 0. The molecule has 0 aliphatic rings. The molecule has 0 fully saturated rings. The van der Waals surface area contributed by atoms with Crippen LogP contribution in [0.5, 0.6) is 11.6 Å². The molecule has 0 aliphatic heterocycles. The van der Waals surface area contributed by atoms with Gasteiger partial charge in [0.25, 0.3) is 0 Å². The summed E-state index contributed by atoms with van der Waals surface area (Å²) in [5.74, 6) is -0.0386. The first-order valence-corrected chi connectivity index (χ1v) is 5.32. The fourth-order valence-electron chi connectivity index (χ4n) is 1.31. The number of halogens is 1. The van der Waals surface area contributed by atoms with E-state index in [1.807, 2.05) is 0 Å². The molecule has 2 aromatic rings. The number of rotatable bonds is 3. The predicted octanol–water partition coefficient (Wildman–Crippen LogP) is 2.70. The Balaban J connectivity index is 2.43. The molecule has 7 nitrogen and oxygen atoms in total. The van der Waals surface area contributed by atoms with Crippen molar-refractivity contribution in [1.82, 2.24) is 9.97 Å². The molecule has 0 N–H and O–H groups in total. The molecular formula is C11H5ClN4O3. The Morgan fingerprint density at radius 2 is 2.16 bits per heavy atom. The molecule has 19 heavy (non-hydrogen) atoms. The number of ether oxygens (including phenoxy) is 1. The largest absolute Gasteiger partial charge is 0.432 e. The van der Waals surface area contributed by atoms with E-state index in [1.165, 1.54) is 30.6 Å². The molecule has 0 saturated carbocycles. The molecule has 0 aromatic carbocycles. The monoisotopic (exact) mass is 276 g/mol. The number of pyridine rings is 2. The van der Waals surface area contributed by atoms with Gasteiger partial charge in [-0.15, -0.1) is 0 Å². The van der Waals surface area contributed by atoms with Crippen molar-refractivity contribution in [3.8, 4) is 17.7 Å². The van der Waals surface area contributed by atoms with Crippen LogP contribution in [0.3, 0.4) is 0 Å². The molecule has 94 valence electrons. The summed E-state index contributed by atoms with van der Waals surface area (Å²) in [5, 5.41) is 20.0. The van der Waals surface area contributed by atoms with E-state index < -0.39 is 10.6 Å². The number of nitriles is 1. The van der Waals surface area contributed by atoms with Gasteiger partial charge in [-0.3, -0.25) is 10.1 Å². The van der Waals surface area contributed by atoms with Gasteiger partial charge >= 0.3 is 11.6 Å². The maximum absolute atomic E-state index is 10.9. The van der Waals surface area contributed by atoms with Crippen LogP contribution in [0.2, 0.25) is 5.15 Å². The molecule has 0 saturated heterocycles. The standard InChI is InChI=1S/C11H5ClN4O3/c12-9-2-1-8(6-15-9)19-11-10(16(17)18)7(5-13)3-4-14-11/h1-4,6H. The molecule has 0 radical (unpaired) electrons. The Kier molecular flexibility index (Phi) is 3.54. The third-order valence-corrected chi connectivity index (χ3v) is 2.33. The maximum atomic E-state index is 10.9. The van der Waals surface area contributed by atoms with E-state index in [0.717, 1.165) is 0 Å². The Morgan fingerprint density at radius 1 is 1.37 bits per heavy atom. The lowest BCUT2D eigenvalue weighted by Gasteiger charge is -2.05. The Morgan fingerprint density at radius 3 is 2.74 bits per heavy atom. The molecule has 8 heteroatoms. The summed E-state index contributed by atoms with van der Waals surface area (Å²) in [6.45, 7) is 0. The maximum Gasteiger partial charge on any atom is 0.348 e. The van der Waals surface area contributed by atoms with Crippen molar-refractivity contribution in [1.29, 1.82) is 5.26 Å². The first-order chi connectivity index (χ1) is 9.11. The van der Waals surface area contributed by atoms with Crippen molar-refractivity contribution in [2.75, 3.05) is 0 Å². The minimum absolute atomic E-state index is 0.128. The summed E-state index contributed by atoms with van der Waals surface area (Å²) >= 11 is 5.61. The highest BCUT2D eigenvalue weighted by atomic mass is 35.5. The van der Waals surface area contributed by atoms with Crippen molar-refractivity contribution in [2.24, 2.45) is 0 Å². The van der Waals surface area contributed by atoms with Gasteiger partial charge in [0.1, 0.15) is 22.5 Å². The van der Waals surface area contributed by atoms with Crippen molar-refractivity contribution < 1.29 is 9.66 Å². The summed E-state index contributed by atoms with van der Waals surface area (Å²) in [7, 11) is 0. The van der Waals surface area contributed by atoms with Gasteiger partial charge in [-0.1, -0.05) is 11.6 Å². The summed E-state index contributed by atoms with van der Waals surface area (Å²) in [6, 6.07) is 5.91. The molecule has 0 atom stereocenters. The van der Waals surface area contributed by atoms with Gasteiger partial charge in [0, 0.05) is 6.20 Å². The molecule has 0 aliphatic carbocycles. The van der Waals surface area contributed by atoms with Crippen LogP contribution in [0.1, 0.15) is 5.56 Å². The van der Waals surface area contributed by atoms with Gasteiger partial charge in [0.05, 0.1) is 11.1 Å². The zero-order chi connectivity index (χ0) is 13.8. The minimum Gasteiger partial charge on any atom is -0.432 e. The molecule has 0 amide bonds. The van der Waals surface area contributed by atoms with Gasteiger partial charge in [-0.05, 0) is 18.2 Å². The smallest absolute Gasteiger partial charge is 0.348 e. The Hall–Kier alpha value is -2.72. The van der Waals surface area contributed by atoms with Crippen LogP contribution in [-0.4, -0.2) is 14.9 Å². The quantitative estimate of drug-likeness (QED) is 0.485. The first-order valence-electron chi connectivity index (χ1n) is 4.94. The van der Waals surface area contributed by atoms with Gasteiger partial charge < -0.3 is 4.74 Å². The van der Waals surface area contributed by atoms with E-state index in [-0.39, 0.29) is 22.3 Å². The lowest BCUT2D eigenvalue weighted by atomic mass is 10.2. The molecule has 2 rings (SSSR count). The molecule has 0 bridgehead atoms. The fraction of sp³-hybridized carbons (Fsp3) is 0. The van der Waals surface area contributed by atoms with E-state index in [2.05, 4.69) is 9.97 Å². The molecule has 2 heterocycles. The van der Waals surface area contributed by atoms with Gasteiger partial charge in [0.15, 0.2) is 0 Å².